The molecule has 0 amide bonds. The summed E-state index contributed by atoms with van der Waals surface area (Å²) in [4.78, 5) is 0. The fourth-order valence-electron chi connectivity index (χ4n) is 2.51. The molecule has 138 valence electrons. The largest absolute Gasteiger partial charge is 0.480 e. The fourth-order valence-corrected chi connectivity index (χ4v) is 4.55. The molecule has 1 N–H and O–H groups in total. The van der Waals surface area contributed by atoms with Gasteiger partial charge >= 0.3 is 0 Å². The Kier molecular flexibility index (Phi) is 5.50. The lowest BCUT2D eigenvalue weighted by Crippen LogP contribution is -2.37. The predicted molar refractivity (Wildman–Crippen MR) is 105 cm³/mol. The van der Waals surface area contributed by atoms with Crippen LogP contribution in [0.1, 0.15) is 19.4 Å². The number of ether oxygens (including phenoxy) is 2. The lowest BCUT2D eigenvalue weighted by molar-refractivity contribution is 0.0245. The molecule has 1 atom stereocenters. The minimum absolute atomic E-state index is 0.285. The van der Waals surface area contributed by atoms with Gasteiger partial charge in [-0.25, -0.2) is 8.42 Å². The van der Waals surface area contributed by atoms with Crippen molar-refractivity contribution in [3.8, 4) is 5.75 Å². The Hall–Kier alpha value is -2.09. The normalized spacial score (nSPS) is 19.3. The second kappa shape index (κ2) is 7.65. The number of rotatable bonds is 7. The molecule has 0 aliphatic carbocycles. The summed E-state index contributed by atoms with van der Waals surface area (Å²) in [7, 11) is -3.56. The van der Waals surface area contributed by atoms with Crippen LogP contribution in [0.5, 0.6) is 5.75 Å². The summed E-state index contributed by atoms with van der Waals surface area (Å²) < 4.78 is 39.2. The van der Waals surface area contributed by atoms with Gasteiger partial charge in [-0.1, -0.05) is 24.3 Å². The number of allylic oxidation sites excluding steroid dienone is 1. The van der Waals surface area contributed by atoms with Crippen LogP contribution in [0.3, 0.4) is 0 Å². The van der Waals surface area contributed by atoms with E-state index in [9.17, 15) is 8.42 Å². The van der Waals surface area contributed by atoms with Crippen LogP contribution >= 0.6 is 11.3 Å². The van der Waals surface area contributed by atoms with Gasteiger partial charge in [0.1, 0.15) is 15.6 Å². The highest BCUT2D eigenvalue weighted by molar-refractivity contribution is 7.94. The lowest BCUT2D eigenvalue weighted by atomic mass is 10.0. The van der Waals surface area contributed by atoms with E-state index < -0.39 is 15.6 Å². The van der Waals surface area contributed by atoms with E-state index in [2.05, 4.69) is 4.72 Å². The smallest absolute Gasteiger partial charge is 0.271 e. The van der Waals surface area contributed by atoms with Crippen molar-refractivity contribution in [1.82, 2.24) is 0 Å². The Balaban J connectivity index is 1.72. The van der Waals surface area contributed by atoms with Crippen molar-refractivity contribution in [3.05, 3.63) is 59.5 Å². The van der Waals surface area contributed by atoms with Crippen molar-refractivity contribution >= 4 is 33.1 Å². The maximum absolute atomic E-state index is 12.3. The first kappa shape index (κ1) is 18.7. The first-order valence-corrected chi connectivity index (χ1v) is 10.6. The first-order valence-electron chi connectivity index (χ1n) is 8.19. The van der Waals surface area contributed by atoms with E-state index in [0.717, 1.165) is 5.56 Å². The number of benzene rings is 1. The monoisotopic (exact) mass is 391 g/mol. The van der Waals surface area contributed by atoms with Gasteiger partial charge in [-0.05, 0) is 49.6 Å². The molecule has 0 bridgehead atoms. The molecule has 1 unspecified atom stereocenters. The maximum atomic E-state index is 12.3. The Morgan fingerprint density at radius 2 is 2.19 bits per heavy atom. The summed E-state index contributed by atoms with van der Waals surface area (Å²) in [6.07, 6.45) is 7.74. The highest BCUT2D eigenvalue weighted by atomic mass is 32.2. The standard InChI is InChI=1S/C19H21NO4S2/c1-3-4-11-23-14-19(2)10-9-15-13-16(7-8-17(15)24-19)20-26(21,22)18-6-5-12-25-18/h3-10,12-13,20H,11,14H2,1-2H3/b4-3+. The Morgan fingerprint density at radius 3 is 2.92 bits per heavy atom. The van der Waals surface area contributed by atoms with Gasteiger partial charge in [0.2, 0.25) is 0 Å². The summed E-state index contributed by atoms with van der Waals surface area (Å²) in [6, 6.07) is 8.52. The molecule has 1 aliphatic rings. The number of nitrogens with one attached hydrogen (secondary N) is 1. The number of sulfonamides is 1. The van der Waals surface area contributed by atoms with Crippen LogP contribution in [-0.4, -0.2) is 27.2 Å². The van der Waals surface area contributed by atoms with Crippen LogP contribution in [0, 0.1) is 0 Å². The molecule has 0 saturated heterocycles. The lowest BCUT2D eigenvalue weighted by Gasteiger charge is -2.31. The van der Waals surface area contributed by atoms with E-state index in [0.29, 0.717) is 24.7 Å². The van der Waals surface area contributed by atoms with Crippen LogP contribution in [0.4, 0.5) is 5.69 Å². The molecule has 26 heavy (non-hydrogen) atoms. The number of hydrogen-bond donors (Lipinski definition) is 1. The zero-order valence-electron chi connectivity index (χ0n) is 14.6. The van der Waals surface area contributed by atoms with Gasteiger partial charge in [0.15, 0.2) is 0 Å². The molecule has 0 saturated carbocycles. The van der Waals surface area contributed by atoms with Crippen molar-refractivity contribution < 1.29 is 17.9 Å². The van der Waals surface area contributed by atoms with Gasteiger partial charge in [0.05, 0.1) is 13.2 Å². The Bertz CT molecular complexity index is 917. The average Bonchev–Trinajstić information content (AvgIpc) is 3.14. The Morgan fingerprint density at radius 1 is 1.35 bits per heavy atom. The minimum Gasteiger partial charge on any atom is -0.480 e. The number of hydrogen-bond acceptors (Lipinski definition) is 5. The minimum atomic E-state index is -3.56. The molecule has 2 heterocycles. The molecule has 1 aromatic carbocycles. The molecular weight excluding hydrogens is 370 g/mol. The van der Waals surface area contributed by atoms with Crippen molar-refractivity contribution in [2.24, 2.45) is 0 Å². The number of thiophene rings is 1. The molecule has 1 aromatic heterocycles. The van der Waals surface area contributed by atoms with Gasteiger partial charge < -0.3 is 9.47 Å². The molecule has 2 aromatic rings. The van der Waals surface area contributed by atoms with Gasteiger partial charge in [-0.3, -0.25) is 4.72 Å². The van der Waals surface area contributed by atoms with Crippen LogP contribution in [0.25, 0.3) is 6.08 Å². The van der Waals surface area contributed by atoms with E-state index in [1.807, 2.05) is 38.2 Å². The SMILES string of the molecule is C/C=C/COCC1(C)C=Cc2cc(NS(=O)(=O)c3cccs3)ccc2O1. The van der Waals surface area contributed by atoms with Gasteiger partial charge in [0.25, 0.3) is 10.0 Å². The summed E-state index contributed by atoms with van der Waals surface area (Å²) in [5.41, 5.74) is 0.771. The van der Waals surface area contributed by atoms with Crippen LogP contribution in [0.15, 0.2) is 58.1 Å². The Labute approximate surface area is 158 Å². The first-order chi connectivity index (χ1) is 12.4. The third-order valence-electron chi connectivity index (χ3n) is 3.82. The molecule has 1 aliphatic heterocycles. The number of anilines is 1. The summed E-state index contributed by atoms with van der Waals surface area (Å²) in [5, 5.41) is 1.73. The molecule has 0 radical (unpaired) electrons. The molecule has 0 spiro atoms. The van der Waals surface area contributed by atoms with Gasteiger partial charge in [-0.2, -0.15) is 0 Å². The van der Waals surface area contributed by atoms with Crippen LogP contribution in [-0.2, 0) is 14.8 Å². The molecule has 7 heteroatoms. The van der Waals surface area contributed by atoms with E-state index in [1.54, 1.807) is 35.7 Å². The van der Waals surface area contributed by atoms with Crippen molar-refractivity contribution in [1.29, 1.82) is 0 Å². The summed E-state index contributed by atoms with van der Waals surface area (Å²) >= 11 is 1.18. The van der Waals surface area contributed by atoms with Crippen molar-refractivity contribution in [2.75, 3.05) is 17.9 Å². The second-order valence-corrected chi connectivity index (χ2v) is 8.98. The highest BCUT2D eigenvalue weighted by Crippen LogP contribution is 2.33. The fraction of sp³-hybridized carbons (Fsp3) is 0.263. The second-order valence-electron chi connectivity index (χ2n) is 6.12. The average molecular weight is 392 g/mol. The van der Waals surface area contributed by atoms with E-state index in [4.69, 9.17) is 9.47 Å². The van der Waals surface area contributed by atoms with Crippen molar-refractivity contribution in [2.45, 2.75) is 23.7 Å². The van der Waals surface area contributed by atoms with E-state index in [-0.39, 0.29) is 4.21 Å². The van der Waals surface area contributed by atoms with Gasteiger partial charge in [0, 0.05) is 11.3 Å². The van der Waals surface area contributed by atoms with Gasteiger partial charge in [-0.15, -0.1) is 11.3 Å². The topological polar surface area (TPSA) is 64.6 Å². The highest BCUT2D eigenvalue weighted by Gasteiger charge is 2.28. The molecule has 5 nitrogen and oxygen atoms in total. The molecule has 3 rings (SSSR count). The predicted octanol–water partition coefficient (Wildman–Crippen LogP) is 4.31. The third kappa shape index (κ3) is 4.35. The zero-order chi connectivity index (χ0) is 18.6. The molecular formula is C19H21NO4S2. The van der Waals surface area contributed by atoms with E-state index >= 15 is 0 Å². The van der Waals surface area contributed by atoms with Crippen LogP contribution < -0.4 is 9.46 Å². The van der Waals surface area contributed by atoms with Crippen LogP contribution in [0.2, 0.25) is 0 Å². The van der Waals surface area contributed by atoms with E-state index in [1.165, 1.54) is 11.3 Å². The zero-order valence-corrected chi connectivity index (χ0v) is 16.3. The quantitative estimate of drug-likeness (QED) is 0.564. The van der Waals surface area contributed by atoms with Crippen molar-refractivity contribution in [3.63, 3.8) is 0 Å². The maximum Gasteiger partial charge on any atom is 0.271 e. The number of fused-ring (bicyclic) bond motifs is 1. The molecule has 0 fully saturated rings. The summed E-state index contributed by atoms with van der Waals surface area (Å²) in [6.45, 7) is 4.87. The summed E-state index contributed by atoms with van der Waals surface area (Å²) in [5.74, 6) is 0.698. The third-order valence-corrected chi connectivity index (χ3v) is 6.60.